The molecule has 0 fully saturated rings. The van der Waals surface area contributed by atoms with Crippen molar-refractivity contribution in [3.63, 3.8) is 0 Å². The highest BCUT2D eigenvalue weighted by Gasteiger charge is 2.24. The number of aryl methyl sites for hydroxylation is 1. The highest BCUT2D eigenvalue weighted by molar-refractivity contribution is 7.89. The summed E-state index contributed by atoms with van der Waals surface area (Å²) >= 11 is 0. The molecule has 9 heteroatoms. The first-order chi connectivity index (χ1) is 8.15. The minimum absolute atomic E-state index is 0.0124. The fourth-order valence-corrected chi connectivity index (χ4v) is 2.54. The van der Waals surface area contributed by atoms with Crippen LogP contribution >= 0.6 is 0 Å². The maximum Gasteiger partial charge on any atom is 0.321 e. The predicted octanol–water partition coefficient (Wildman–Crippen LogP) is -1.12. The Kier molecular flexibility index (Phi) is 3.77. The molecule has 18 heavy (non-hydrogen) atoms. The summed E-state index contributed by atoms with van der Waals surface area (Å²) in [6, 6.07) is -0.189. The summed E-state index contributed by atoms with van der Waals surface area (Å²) in [5.74, 6) is -2.07. The van der Waals surface area contributed by atoms with Gasteiger partial charge in [0.05, 0.1) is 0 Å². The number of nitrogens with one attached hydrogen (secondary N) is 1. The van der Waals surface area contributed by atoms with E-state index < -0.39 is 27.9 Å². The zero-order valence-corrected chi connectivity index (χ0v) is 10.6. The van der Waals surface area contributed by atoms with Gasteiger partial charge in [0.2, 0.25) is 10.0 Å². The largest absolute Gasteiger partial charge is 0.480 e. The molecule has 0 aliphatic heterocycles. The standard InChI is InChI=1S/C9H13N3O5S/c1-5(9(14)15)11-18(16,17)6-3-7(8(10)13)12(2)4-6/h3-5,11H,1-2H3,(H2,10,13)(H,14,15)/t5-/m0/s1. The highest BCUT2D eigenvalue weighted by Crippen LogP contribution is 2.13. The molecule has 1 aromatic heterocycles. The Hall–Kier alpha value is -1.87. The SMILES string of the molecule is C[C@H](NS(=O)(=O)c1cc(C(N)=O)n(C)c1)C(=O)O. The van der Waals surface area contributed by atoms with Crippen molar-refractivity contribution in [1.82, 2.24) is 9.29 Å². The normalized spacial score (nSPS) is 13.2. The van der Waals surface area contributed by atoms with Crippen LogP contribution in [0.2, 0.25) is 0 Å². The average Bonchev–Trinajstić information content (AvgIpc) is 2.60. The second-order valence-electron chi connectivity index (χ2n) is 3.72. The van der Waals surface area contributed by atoms with Gasteiger partial charge in [-0.05, 0) is 13.0 Å². The van der Waals surface area contributed by atoms with Gasteiger partial charge in [-0.15, -0.1) is 0 Å². The van der Waals surface area contributed by atoms with Crippen LogP contribution in [0.1, 0.15) is 17.4 Å². The summed E-state index contributed by atoms with van der Waals surface area (Å²) < 4.78 is 26.8. The zero-order valence-electron chi connectivity index (χ0n) is 9.75. The Bertz CT molecular complexity index is 589. The number of nitrogens with zero attached hydrogens (tertiary/aromatic N) is 1. The molecule has 0 bridgehead atoms. The molecular formula is C9H13N3O5S. The van der Waals surface area contributed by atoms with Gasteiger partial charge in [-0.2, -0.15) is 4.72 Å². The van der Waals surface area contributed by atoms with E-state index in [-0.39, 0.29) is 10.6 Å². The number of hydrogen-bond acceptors (Lipinski definition) is 4. The maximum atomic E-state index is 11.8. The van der Waals surface area contributed by atoms with Crippen LogP contribution in [0.15, 0.2) is 17.2 Å². The molecule has 1 aromatic rings. The molecule has 0 radical (unpaired) electrons. The van der Waals surface area contributed by atoms with Crippen molar-refractivity contribution in [2.75, 3.05) is 0 Å². The van der Waals surface area contributed by atoms with E-state index in [1.807, 2.05) is 4.72 Å². The lowest BCUT2D eigenvalue weighted by atomic mass is 10.4. The molecule has 1 amide bonds. The Morgan fingerprint density at radius 3 is 2.44 bits per heavy atom. The summed E-state index contributed by atoms with van der Waals surface area (Å²) in [5.41, 5.74) is 5.06. The fraction of sp³-hybridized carbons (Fsp3) is 0.333. The van der Waals surface area contributed by atoms with Gasteiger partial charge in [0, 0.05) is 13.2 Å². The van der Waals surface area contributed by atoms with E-state index in [0.717, 1.165) is 6.07 Å². The smallest absolute Gasteiger partial charge is 0.321 e. The molecule has 0 saturated carbocycles. The van der Waals surface area contributed by atoms with E-state index in [4.69, 9.17) is 10.8 Å². The van der Waals surface area contributed by atoms with Crippen LogP contribution < -0.4 is 10.5 Å². The molecule has 1 atom stereocenters. The van der Waals surface area contributed by atoms with Gasteiger partial charge in [-0.25, -0.2) is 8.42 Å². The lowest BCUT2D eigenvalue weighted by molar-refractivity contribution is -0.138. The third-order valence-electron chi connectivity index (χ3n) is 2.24. The minimum Gasteiger partial charge on any atom is -0.480 e. The number of carbonyl (C=O) groups is 2. The van der Waals surface area contributed by atoms with Crippen molar-refractivity contribution >= 4 is 21.9 Å². The third-order valence-corrected chi connectivity index (χ3v) is 3.75. The van der Waals surface area contributed by atoms with E-state index in [0.29, 0.717) is 0 Å². The average molecular weight is 275 g/mol. The molecule has 1 heterocycles. The van der Waals surface area contributed by atoms with Gasteiger partial charge in [0.1, 0.15) is 16.6 Å². The number of primary amides is 1. The number of nitrogens with two attached hydrogens (primary N) is 1. The van der Waals surface area contributed by atoms with Crippen LogP contribution in [0.25, 0.3) is 0 Å². The first-order valence-corrected chi connectivity index (χ1v) is 6.35. The van der Waals surface area contributed by atoms with Crippen molar-refractivity contribution in [2.45, 2.75) is 17.9 Å². The summed E-state index contributed by atoms with van der Waals surface area (Å²) in [7, 11) is -2.54. The highest BCUT2D eigenvalue weighted by atomic mass is 32.2. The number of sulfonamides is 1. The van der Waals surface area contributed by atoms with Gasteiger partial charge in [0.25, 0.3) is 5.91 Å². The number of aromatic nitrogens is 1. The topological polar surface area (TPSA) is 131 Å². The fourth-order valence-electron chi connectivity index (χ4n) is 1.28. The number of hydrogen-bond donors (Lipinski definition) is 3. The summed E-state index contributed by atoms with van der Waals surface area (Å²) in [6.45, 7) is 1.19. The van der Waals surface area contributed by atoms with E-state index in [9.17, 15) is 18.0 Å². The van der Waals surface area contributed by atoms with Crippen molar-refractivity contribution in [3.8, 4) is 0 Å². The molecular weight excluding hydrogens is 262 g/mol. The lowest BCUT2D eigenvalue weighted by Crippen LogP contribution is -2.38. The van der Waals surface area contributed by atoms with E-state index in [2.05, 4.69) is 0 Å². The zero-order chi connectivity index (χ0) is 14.1. The van der Waals surface area contributed by atoms with Crippen molar-refractivity contribution < 1.29 is 23.1 Å². The number of aliphatic carboxylic acids is 1. The molecule has 1 rings (SSSR count). The molecule has 0 unspecified atom stereocenters. The molecule has 0 aliphatic carbocycles. The number of carboxylic acid groups (broad SMARTS) is 1. The first kappa shape index (κ1) is 14.2. The van der Waals surface area contributed by atoms with Crippen molar-refractivity contribution in [3.05, 3.63) is 18.0 Å². The van der Waals surface area contributed by atoms with Crippen LogP contribution in [0.3, 0.4) is 0 Å². The number of amides is 1. The van der Waals surface area contributed by atoms with Crippen LogP contribution in [0.5, 0.6) is 0 Å². The Morgan fingerprint density at radius 1 is 1.50 bits per heavy atom. The molecule has 0 aromatic carbocycles. The Morgan fingerprint density at radius 2 is 2.06 bits per heavy atom. The van der Waals surface area contributed by atoms with Crippen LogP contribution in [0, 0.1) is 0 Å². The summed E-state index contributed by atoms with van der Waals surface area (Å²) in [4.78, 5) is 21.4. The van der Waals surface area contributed by atoms with E-state index >= 15 is 0 Å². The molecule has 100 valence electrons. The first-order valence-electron chi connectivity index (χ1n) is 4.86. The maximum absolute atomic E-state index is 11.8. The molecule has 0 aliphatic rings. The quantitative estimate of drug-likeness (QED) is 0.626. The number of carboxylic acids is 1. The monoisotopic (exact) mass is 275 g/mol. The summed E-state index contributed by atoms with van der Waals surface area (Å²) in [5, 5.41) is 8.63. The molecule has 0 spiro atoms. The minimum atomic E-state index is -4.00. The van der Waals surface area contributed by atoms with Gasteiger partial charge >= 0.3 is 5.97 Å². The van der Waals surface area contributed by atoms with Crippen molar-refractivity contribution in [1.29, 1.82) is 0 Å². The third kappa shape index (κ3) is 2.87. The molecule has 8 nitrogen and oxygen atoms in total. The second kappa shape index (κ2) is 4.78. The van der Waals surface area contributed by atoms with Gasteiger partial charge < -0.3 is 15.4 Å². The van der Waals surface area contributed by atoms with E-state index in [1.54, 1.807) is 0 Å². The van der Waals surface area contributed by atoms with Gasteiger partial charge in [0.15, 0.2) is 0 Å². The Balaban J connectivity index is 3.10. The second-order valence-corrected chi connectivity index (χ2v) is 5.43. The van der Waals surface area contributed by atoms with E-state index in [1.165, 1.54) is 24.7 Å². The van der Waals surface area contributed by atoms with Gasteiger partial charge in [-0.1, -0.05) is 0 Å². The number of rotatable bonds is 5. The van der Waals surface area contributed by atoms with Crippen LogP contribution in [0.4, 0.5) is 0 Å². The predicted molar refractivity (Wildman–Crippen MR) is 61.4 cm³/mol. The van der Waals surface area contributed by atoms with Crippen LogP contribution in [-0.4, -0.2) is 36.0 Å². The molecule has 4 N–H and O–H groups in total. The lowest BCUT2D eigenvalue weighted by Gasteiger charge is -2.08. The Labute approximate surface area is 103 Å². The summed E-state index contributed by atoms with van der Waals surface area (Å²) in [6.07, 6.45) is 1.18. The van der Waals surface area contributed by atoms with Crippen molar-refractivity contribution in [2.24, 2.45) is 12.8 Å². The van der Waals surface area contributed by atoms with Crippen LogP contribution in [-0.2, 0) is 21.9 Å². The molecule has 0 saturated heterocycles. The number of carbonyl (C=O) groups excluding carboxylic acids is 1. The van der Waals surface area contributed by atoms with Gasteiger partial charge in [-0.3, -0.25) is 9.59 Å².